The predicted octanol–water partition coefficient (Wildman–Crippen LogP) is 0.909. The summed E-state index contributed by atoms with van der Waals surface area (Å²) >= 11 is 0. The Morgan fingerprint density at radius 1 is 1.47 bits per heavy atom. The molecule has 0 aromatic heterocycles. The van der Waals surface area contributed by atoms with Crippen molar-refractivity contribution >= 4 is 5.97 Å². The molecular weight excluding hydrogens is 194 g/mol. The van der Waals surface area contributed by atoms with Crippen LogP contribution in [-0.4, -0.2) is 22.2 Å². The predicted molar refractivity (Wildman–Crippen MR) is 56.8 cm³/mol. The number of aliphatic carboxylic acids is 1. The van der Waals surface area contributed by atoms with Crippen LogP contribution in [0.1, 0.15) is 18.1 Å². The Morgan fingerprint density at radius 3 is 2.67 bits per heavy atom. The molecule has 0 bridgehead atoms. The van der Waals surface area contributed by atoms with Crippen LogP contribution < -0.4 is 5.73 Å². The molecule has 0 fully saturated rings. The molecule has 1 atom stereocenters. The van der Waals surface area contributed by atoms with Gasteiger partial charge >= 0.3 is 5.97 Å². The standard InChI is InChI=1S/C11H15NO3/c1-2-7-5-9(13)4-3-8(7)6-10(12)11(14)15/h3-5,10,13H,2,6,12H2,1H3,(H,14,15)/t10-/m1/s1. The number of carboxylic acids is 1. The molecule has 1 aromatic carbocycles. The zero-order chi connectivity index (χ0) is 11.4. The van der Waals surface area contributed by atoms with Gasteiger partial charge in [0.25, 0.3) is 0 Å². The number of phenols is 1. The average molecular weight is 209 g/mol. The van der Waals surface area contributed by atoms with Crippen molar-refractivity contribution in [2.75, 3.05) is 0 Å². The molecule has 0 saturated heterocycles. The third-order valence-electron chi connectivity index (χ3n) is 2.33. The van der Waals surface area contributed by atoms with Gasteiger partial charge in [-0.2, -0.15) is 0 Å². The van der Waals surface area contributed by atoms with Gasteiger partial charge in [0.15, 0.2) is 0 Å². The molecule has 4 N–H and O–H groups in total. The summed E-state index contributed by atoms with van der Waals surface area (Å²) < 4.78 is 0. The molecule has 0 aliphatic rings. The second-order valence-corrected chi connectivity index (χ2v) is 3.46. The van der Waals surface area contributed by atoms with E-state index < -0.39 is 12.0 Å². The Morgan fingerprint density at radius 2 is 2.13 bits per heavy atom. The monoisotopic (exact) mass is 209 g/mol. The van der Waals surface area contributed by atoms with Crippen molar-refractivity contribution in [1.82, 2.24) is 0 Å². The van der Waals surface area contributed by atoms with Gasteiger partial charge in [-0.25, -0.2) is 0 Å². The highest BCUT2D eigenvalue weighted by molar-refractivity contribution is 5.73. The van der Waals surface area contributed by atoms with E-state index in [1.807, 2.05) is 6.92 Å². The highest BCUT2D eigenvalue weighted by atomic mass is 16.4. The minimum absolute atomic E-state index is 0.194. The van der Waals surface area contributed by atoms with Gasteiger partial charge in [-0.15, -0.1) is 0 Å². The van der Waals surface area contributed by atoms with E-state index >= 15 is 0 Å². The second-order valence-electron chi connectivity index (χ2n) is 3.46. The maximum atomic E-state index is 10.6. The number of aryl methyl sites for hydroxylation is 1. The lowest BCUT2D eigenvalue weighted by molar-refractivity contribution is -0.138. The fraction of sp³-hybridized carbons (Fsp3) is 0.364. The summed E-state index contributed by atoms with van der Waals surface area (Å²) in [5, 5.41) is 18.0. The maximum Gasteiger partial charge on any atom is 0.320 e. The van der Waals surface area contributed by atoms with E-state index in [2.05, 4.69) is 0 Å². The number of hydrogen-bond acceptors (Lipinski definition) is 3. The van der Waals surface area contributed by atoms with E-state index in [1.165, 1.54) is 0 Å². The van der Waals surface area contributed by atoms with Crippen LogP contribution in [0.5, 0.6) is 5.75 Å². The lowest BCUT2D eigenvalue weighted by atomic mass is 9.99. The molecule has 0 aliphatic carbocycles. The normalized spacial score (nSPS) is 12.4. The quantitative estimate of drug-likeness (QED) is 0.688. The summed E-state index contributed by atoms with van der Waals surface area (Å²) in [6, 6.07) is 4.02. The van der Waals surface area contributed by atoms with E-state index in [9.17, 15) is 9.90 Å². The molecule has 82 valence electrons. The lowest BCUT2D eigenvalue weighted by Crippen LogP contribution is -2.32. The van der Waals surface area contributed by atoms with Gasteiger partial charge in [0.1, 0.15) is 11.8 Å². The average Bonchev–Trinajstić information content (AvgIpc) is 2.20. The first-order valence-corrected chi connectivity index (χ1v) is 4.83. The first-order valence-electron chi connectivity index (χ1n) is 4.83. The van der Waals surface area contributed by atoms with Gasteiger partial charge in [0.05, 0.1) is 0 Å². The zero-order valence-corrected chi connectivity index (χ0v) is 8.60. The molecule has 0 unspecified atom stereocenters. The van der Waals surface area contributed by atoms with Crippen molar-refractivity contribution in [3.05, 3.63) is 29.3 Å². The largest absolute Gasteiger partial charge is 0.508 e. The highest BCUT2D eigenvalue weighted by Gasteiger charge is 2.14. The minimum Gasteiger partial charge on any atom is -0.508 e. The molecule has 0 saturated carbocycles. The first-order chi connectivity index (χ1) is 7.04. The maximum absolute atomic E-state index is 10.6. The summed E-state index contributed by atoms with van der Waals surface area (Å²) in [5.74, 6) is -0.815. The van der Waals surface area contributed by atoms with Crippen molar-refractivity contribution in [3.8, 4) is 5.75 Å². The van der Waals surface area contributed by atoms with Crippen molar-refractivity contribution in [2.24, 2.45) is 5.73 Å². The number of benzene rings is 1. The van der Waals surface area contributed by atoms with E-state index in [0.717, 1.165) is 17.5 Å². The lowest BCUT2D eigenvalue weighted by Gasteiger charge is -2.11. The third-order valence-corrected chi connectivity index (χ3v) is 2.33. The highest BCUT2D eigenvalue weighted by Crippen LogP contribution is 2.18. The summed E-state index contributed by atoms with van der Waals surface area (Å²) in [6.45, 7) is 1.95. The zero-order valence-electron chi connectivity index (χ0n) is 8.60. The second kappa shape index (κ2) is 4.79. The Bertz CT molecular complexity index is 363. The molecule has 4 nitrogen and oxygen atoms in total. The Hall–Kier alpha value is -1.55. The van der Waals surface area contributed by atoms with Crippen LogP contribution in [0, 0.1) is 0 Å². The van der Waals surface area contributed by atoms with Crippen molar-refractivity contribution in [2.45, 2.75) is 25.8 Å². The van der Waals surface area contributed by atoms with Crippen LogP contribution >= 0.6 is 0 Å². The van der Waals surface area contributed by atoms with E-state index in [0.29, 0.717) is 6.42 Å². The molecule has 0 radical (unpaired) electrons. The fourth-order valence-electron chi connectivity index (χ4n) is 1.46. The smallest absolute Gasteiger partial charge is 0.320 e. The number of phenolic OH excluding ortho intramolecular Hbond substituents is 1. The van der Waals surface area contributed by atoms with E-state index in [4.69, 9.17) is 10.8 Å². The van der Waals surface area contributed by atoms with Gasteiger partial charge in [-0.3, -0.25) is 4.79 Å². The summed E-state index contributed by atoms with van der Waals surface area (Å²) in [7, 11) is 0. The summed E-state index contributed by atoms with van der Waals surface area (Å²) in [6.07, 6.45) is 1.04. The van der Waals surface area contributed by atoms with E-state index in [-0.39, 0.29) is 5.75 Å². The van der Waals surface area contributed by atoms with Crippen LogP contribution in [0.15, 0.2) is 18.2 Å². The molecule has 0 spiro atoms. The molecule has 0 heterocycles. The molecular formula is C11H15NO3. The Balaban J connectivity index is 2.89. The first kappa shape index (κ1) is 11.5. The molecule has 15 heavy (non-hydrogen) atoms. The van der Waals surface area contributed by atoms with Crippen LogP contribution in [0.3, 0.4) is 0 Å². The third kappa shape index (κ3) is 2.95. The number of carboxylic acid groups (broad SMARTS) is 1. The van der Waals surface area contributed by atoms with Crippen LogP contribution in [0.25, 0.3) is 0 Å². The number of aromatic hydroxyl groups is 1. The van der Waals surface area contributed by atoms with Crippen LogP contribution in [-0.2, 0) is 17.6 Å². The molecule has 4 heteroatoms. The van der Waals surface area contributed by atoms with Crippen molar-refractivity contribution in [3.63, 3.8) is 0 Å². The van der Waals surface area contributed by atoms with Crippen LogP contribution in [0.4, 0.5) is 0 Å². The number of carbonyl (C=O) groups is 1. The molecule has 0 aliphatic heterocycles. The van der Waals surface area contributed by atoms with Crippen molar-refractivity contribution in [1.29, 1.82) is 0 Å². The van der Waals surface area contributed by atoms with E-state index in [1.54, 1.807) is 18.2 Å². The Labute approximate surface area is 88.3 Å². The van der Waals surface area contributed by atoms with Gasteiger partial charge < -0.3 is 15.9 Å². The van der Waals surface area contributed by atoms with Gasteiger partial charge in [-0.05, 0) is 36.1 Å². The number of rotatable bonds is 4. The van der Waals surface area contributed by atoms with Crippen LogP contribution in [0.2, 0.25) is 0 Å². The van der Waals surface area contributed by atoms with Gasteiger partial charge in [0, 0.05) is 0 Å². The SMILES string of the molecule is CCc1cc(O)ccc1C[C@@H](N)C(=O)O. The van der Waals surface area contributed by atoms with Crippen molar-refractivity contribution < 1.29 is 15.0 Å². The number of hydrogen-bond donors (Lipinski definition) is 3. The topological polar surface area (TPSA) is 83.5 Å². The molecule has 1 rings (SSSR count). The summed E-state index contributed by atoms with van der Waals surface area (Å²) in [4.78, 5) is 10.6. The minimum atomic E-state index is -1.01. The van der Waals surface area contributed by atoms with Gasteiger partial charge in [-0.1, -0.05) is 13.0 Å². The fourth-order valence-corrected chi connectivity index (χ4v) is 1.46. The summed E-state index contributed by atoms with van der Waals surface area (Å²) in [5.41, 5.74) is 7.26. The molecule has 0 amide bonds. The number of nitrogens with two attached hydrogens (primary N) is 1. The van der Waals surface area contributed by atoms with Gasteiger partial charge in [0.2, 0.25) is 0 Å². The Kier molecular flexibility index (Phi) is 3.68. The molecule has 1 aromatic rings.